The Labute approximate surface area is 148 Å². The Morgan fingerprint density at radius 1 is 1.00 bits per heavy atom. The van der Waals surface area contributed by atoms with Gasteiger partial charge >= 0.3 is 0 Å². The second-order valence-corrected chi connectivity index (χ2v) is 6.76. The minimum Gasteiger partial charge on any atom is -0.381 e. The molecule has 1 aliphatic rings. The fourth-order valence-corrected chi connectivity index (χ4v) is 3.87. The highest BCUT2D eigenvalue weighted by Crippen LogP contribution is 2.35. The lowest BCUT2D eigenvalue weighted by atomic mass is 9.96. The second kappa shape index (κ2) is 5.92. The normalized spacial score (nSPS) is 15.9. The molecule has 2 aromatic heterocycles. The zero-order chi connectivity index (χ0) is 17.7. The zero-order valence-electron chi connectivity index (χ0n) is 14.0. The molecule has 1 saturated heterocycles. The molecule has 132 valence electrons. The number of nitrogens with one attached hydrogen (secondary N) is 1. The molecule has 0 aliphatic carbocycles. The molecule has 0 amide bonds. The van der Waals surface area contributed by atoms with Crippen LogP contribution in [-0.2, 0) is 4.74 Å². The van der Waals surface area contributed by atoms with Gasteiger partial charge in [-0.15, -0.1) is 0 Å². The van der Waals surface area contributed by atoms with Crippen LogP contribution in [0, 0.1) is 11.6 Å². The van der Waals surface area contributed by atoms with Gasteiger partial charge in [-0.25, -0.2) is 8.78 Å². The predicted octanol–water partition coefficient (Wildman–Crippen LogP) is 4.68. The maximum absolute atomic E-state index is 13.9. The fraction of sp³-hybridized carbons (Fsp3) is 0.250. The third-order valence-corrected chi connectivity index (χ3v) is 5.19. The summed E-state index contributed by atoms with van der Waals surface area (Å²) in [5.74, 6) is -1.36. The highest BCUT2D eigenvalue weighted by atomic mass is 19.2. The van der Waals surface area contributed by atoms with Gasteiger partial charge in [0.1, 0.15) is 0 Å². The van der Waals surface area contributed by atoms with E-state index in [0.29, 0.717) is 24.8 Å². The van der Waals surface area contributed by atoms with Gasteiger partial charge in [0.2, 0.25) is 0 Å². The van der Waals surface area contributed by atoms with Gasteiger partial charge in [-0.05, 0) is 43.2 Å². The molecule has 0 atom stereocenters. The number of fused-ring (bicyclic) bond motifs is 2. The molecule has 1 aliphatic heterocycles. The standard InChI is InChI=1S/C20H17F2N3O/c21-16-2-1-15(10-17(16)22)25-19(12-3-5-26-6-4-12)8-13-7-18-14(9-20(13)25)11-23-24-18/h1-2,7-12H,3-6H2,(H,23,24). The summed E-state index contributed by atoms with van der Waals surface area (Å²) >= 11 is 0. The van der Waals surface area contributed by atoms with Gasteiger partial charge in [0.15, 0.2) is 11.6 Å². The fourth-order valence-electron chi connectivity index (χ4n) is 3.87. The highest BCUT2D eigenvalue weighted by molar-refractivity contribution is 5.96. The minimum absolute atomic E-state index is 0.320. The van der Waals surface area contributed by atoms with Crippen molar-refractivity contribution in [2.24, 2.45) is 0 Å². The van der Waals surface area contributed by atoms with Gasteiger partial charge in [0, 0.05) is 47.4 Å². The summed E-state index contributed by atoms with van der Waals surface area (Å²) < 4.78 is 34.9. The first kappa shape index (κ1) is 15.5. The average Bonchev–Trinajstić information content (AvgIpc) is 3.26. The van der Waals surface area contributed by atoms with E-state index in [-0.39, 0.29) is 0 Å². The topological polar surface area (TPSA) is 42.8 Å². The van der Waals surface area contributed by atoms with Gasteiger partial charge in [0.05, 0.1) is 17.2 Å². The molecular weight excluding hydrogens is 336 g/mol. The average molecular weight is 353 g/mol. The van der Waals surface area contributed by atoms with Crippen LogP contribution in [-0.4, -0.2) is 28.0 Å². The molecular formula is C20H17F2N3O. The summed E-state index contributed by atoms with van der Waals surface area (Å²) in [6.07, 6.45) is 3.60. The summed E-state index contributed by atoms with van der Waals surface area (Å²) in [6.45, 7) is 1.43. The van der Waals surface area contributed by atoms with Gasteiger partial charge in [-0.3, -0.25) is 5.10 Å². The quantitative estimate of drug-likeness (QED) is 0.569. The Morgan fingerprint density at radius 3 is 2.65 bits per heavy atom. The first-order chi connectivity index (χ1) is 12.7. The van der Waals surface area contributed by atoms with Crippen LogP contribution in [0.1, 0.15) is 24.5 Å². The van der Waals surface area contributed by atoms with Crippen molar-refractivity contribution in [1.82, 2.24) is 14.8 Å². The van der Waals surface area contributed by atoms with Crippen molar-refractivity contribution in [3.8, 4) is 5.69 Å². The second-order valence-electron chi connectivity index (χ2n) is 6.76. The number of ether oxygens (including phenoxy) is 1. The van der Waals surface area contributed by atoms with Crippen LogP contribution in [0.15, 0.2) is 42.6 Å². The first-order valence-electron chi connectivity index (χ1n) is 8.72. The Morgan fingerprint density at radius 2 is 1.85 bits per heavy atom. The van der Waals surface area contributed by atoms with Gasteiger partial charge in [-0.1, -0.05) is 0 Å². The Hall–Kier alpha value is -2.73. The molecule has 2 aromatic carbocycles. The predicted molar refractivity (Wildman–Crippen MR) is 95.6 cm³/mol. The van der Waals surface area contributed by atoms with Crippen molar-refractivity contribution in [3.05, 3.63) is 59.9 Å². The first-order valence-corrected chi connectivity index (χ1v) is 8.72. The third-order valence-electron chi connectivity index (χ3n) is 5.19. The van der Waals surface area contributed by atoms with Crippen LogP contribution in [0.3, 0.4) is 0 Å². The molecule has 0 unspecified atom stereocenters. The maximum Gasteiger partial charge on any atom is 0.160 e. The molecule has 1 fully saturated rings. The molecule has 6 heteroatoms. The molecule has 4 aromatic rings. The van der Waals surface area contributed by atoms with Crippen LogP contribution in [0.25, 0.3) is 27.5 Å². The van der Waals surface area contributed by atoms with Crippen LogP contribution in [0.5, 0.6) is 0 Å². The van der Waals surface area contributed by atoms with E-state index in [4.69, 9.17) is 4.74 Å². The van der Waals surface area contributed by atoms with Gasteiger partial charge in [0.25, 0.3) is 0 Å². The van der Waals surface area contributed by atoms with Gasteiger partial charge in [-0.2, -0.15) is 5.10 Å². The number of aromatic amines is 1. The summed E-state index contributed by atoms with van der Waals surface area (Å²) in [5, 5.41) is 9.10. The highest BCUT2D eigenvalue weighted by Gasteiger charge is 2.23. The number of nitrogens with zero attached hydrogens (tertiary/aromatic N) is 2. The third kappa shape index (κ3) is 2.41. The molecule has 4 nitrogen and oxygen atoms in total. The molecule has 0 bridgehead atoms. The van der Waals surface area contributed by atoms with Crippen molar-refractivity contribution in [1.29, 1.82) is 0 Å². The molecule has 0 spiro atoms. The number of hydrogen-bond donors (Lipinski definition) is 1. The van der Waals surface area contributed by atoms with E-state index in [9.17, 15) is 8.78 Å². The number of halogens is 2. The Balaban J connectivity index is 1.79. The number of H-pyrrole nitrogens is 1. The van der Waals surface area contributed by atoms with Crippen LogP contribution in [0.4, 0.5) is 8.78 Å². The summed E-state index contributed by atoms with van der Waals surface area (Å²) in [5.41, 5.74) is 3.66. The van der Waals surface area contributed by atoms with Crippen LogP contribution in [0.2, 0.25) is 0 Å². The zero-order valence-corrected chi connectivity index (χ0v) is 14.0. The number of hydrogen-bond acceptors (Lipinski definition) is 2. The number of benzene rings is 2. The lowest BCUT2D eigenvalue weighted by Crippen LogP contribution is -2.16. The van der Waals surface area contributed by atoms with E-state index in [1.807, 2.05) is 10.6 Å². The monoisotopic (exact) mass is 353 g/mol. The molecule has 26 heavy (non-hydrogen) atoms. The summed E-state index contributed by atoms with van der Waals surface area (Å²) in [4.78, 5) is 0. The minimum atomic E-state index is -0.841. The molecule has 0 saturated carbocycles. The Bertz CT molecular complexity index is 1110. The maximum atomic E-state index is 13.9. The van der Waals surface area contributed by atoms with Gasteiger partial charge < -0.3 is 9.30 Å². The van der Waals surface area contributed by atoms with Crippen LogP contribution >= 0.6 is 0 Å². The van der Waals surface area contributed by atoms with E-state index < -0.39 is 11.6 Å². The van der Waals surface area contributed by atoms with E-state index in [1.165, 1.54) is 12.1 Å². The number of aromatic nitrogens is 3. The molecule has 5 rings (SSSR count). The molecule has 0 radical (unpaired) electrons. The summed E-state index contributed by atoms with van der Waals surface area (Å²) in [6, 6.07) is 10.3. The van der Waals surface area contributed by atoms with E-state index in [0.717, 1.165) is 40.3 Å². The smallest absolute Gasteiger partial charge is 0.160 e. The van der Waals surface area contributed by atoms with Crippen molar-refractivity contribution >= 4 is 21.8 Å². The Kier molecular flexibility index (Phi) is 3.53. The van der Waals surface area contributed by atoms with Crippen LogP contribution < -0.4 is 0 Å². The number of rotatable bonds is 2. The van der Waals surface area contributed by atoms with E-state index in [2.05, 4.69) is 22.3 Å². The van der Waals surface area contributed by atoms with E-state index >= 15 is 0 Å². The SMILES string of the molecule is Fc1ccc(-n2c(C3CCOCC3)cc3cc4[nH]ncc4cc32)cc1F. The molecule has 3 heterocycles. The lowest BCUT2D eigenvalue weighted by Gasteiger charge is -2.24. The van der Waals surface area contributed by atoms with Crippen molar-refractivity contribution < 1.29 is 13.5 Å². The van der Waals surface area contributed by atoms with Crippen molar-refractivity contribution in [3.63, 3.8) is 0 Å². The lowest BCUT2D eigenvalue weighted by molar-refractivity contribution is 0.0842. The molecule has 1 N–H and O–H groups in total. The largest absolute Gasteiger partial charge is 0.381 e. The van der Waals surface area contributed by atoms with E-state index in [1.54, 1.807) is 12.3 Å². The summed E-state index contributed by atoms with van der Waals surface area (Å²) in [7, 11) is 0. The van der Waals surface area contributed by atoms with Crippen molar-refractivity contribution in [2.45, 2.75) is 18.8 Å². The van der Waals surface area contributed by atoms with Crippen molar-refractivity contribution in [2.75, 3.05) is 13.2 Å².